The first-order valence-electron chi connectivity index (χ1n) is 6.61. The van der Waals surface area contributed by atoms with Gasteiger partial charge in [0, 0.05) is 25.0 Å². The van der Waals surface area contributed by atoms with Crippen molar-refractivity contribution in [1.29, 1.82) is 0 Å². The van der Waals surface area contributed by atoms with E-state index in [-0.39, 0.29) is 5.54 Å². The van der Waals surface area contributed by atoms with E-state index < -0.39 is 0 Å². The van der Waals surface area contributed by atoms with Crippen molar-refractivity contribution < 1.29 is 0 Å². The van der Waals surface area contributed by atoms with E-state index in [9.17, 15) is 0 Å². The van der Waals surface area contributed by atoms with Crippen LogP contribution >= 0.6 is 0 Å². The summed E-state index contributed by atoms with van der Waals surface area (Å²) in [5, 5.41) is 3.64. The average Bonchev–Trinajstić information content (AvgIpc) is 2.35. The van der Waals surface area contributed by atoms with E-state index in [1.165, 1.54) is 32.1 Å². The van der Waals surface area contributed by atoms with Gasteiger partial charge in [-0.05, 0) is 38.5 Å². The zero-order valence-electron chi connectivity index (χ0n) is 10.8. The Morgan fingerprint density at radius 1 is 1.38 bits per heavy atom. The molecule has 92 valence electrons. The van der Waals surface area contributed by atoms with Crippen LogP contribution in [0.25, 0.3) is 0 Å². The monoisotopic (exact) mass is 222 g/mol. The Bertz CT molecular complexity index is 241. The van der Waals surface area contributed by atoms with Gasteiger partial charge in [-0.2, -0.15) is 0 Å². The minimum absolute atomic E-state index is 0.209. The molecule has 0 atom stereocenters. The van der Waals surface area contributed by atoms with Crippen LogP contribution in [0.5, 0.6) is 0 Å². The molecule has 2 nitrogen and oxygen atoms in total. The molecule has 1 saturated carbocycles. The number of hydrogen-bond acceptors (Lipinski definition) is 2. The molecule has 0 aromatic carbocycles. The molecule has 0 amide bonds. The molecule has 16 heavy (non-hydrogen) atoms. The van der Waals surface area contributed by atoms with Crippen molar-refractivity contribution >= 4 is 0 Å². The second kappa shape index (κ2) is 6.93. The third-order valence-corrected chi connectivity index (χ3v) is 3.96. The van der Waals surface area contributed by atoms with Crippen LogP contribution in [-0.2, 0) is 0 Å². The van der Waals surface area contributed by atoms with Crippen molar-refractivity contribution in [2.75, 3.05) is 13.1 Å². The average molecular weight is 222 g/mol. The molecule has 0 aromatic heterocycles. The molecule has 1 rings (SSSR count). The van der Waals surface area contributed by atoms with E-state index in [1.54, 1.807) is 0 Å². The van der Waals surface area contributed by atoms with Gasteiger partial charge in [0.2, 0.25) is 0 Å². The third-order valence-electron chi connectivity index (χ3n) is 3.96. The molecule has 3 N–H and O–H groups in total. The Morgan fingerprint density at radius 3 is 2.56 bits per heavy atom. The summed E-state index contributed by atoms with van der Waals surface area (Å²) in [5.74, 6) is 6.95. The molecule has 0 radical (unpaired) electrons. The topological polar surface area (TPSA) is 38.0 Å². The summed E-state index contributed by atoms with van der Waals surface area (Å²) >= 11 is 0. The van der Waals surface area contributed by atoms with E-state index in [0.717, 1.165) is 25.4 Å². The van der Waals surface area contributed by atoms with Crippen LogP contribution in [0, 0.1) is 17.8 Å². The van der Waals surface area contributed by atoms with Crippen molar-refractivity contribution in [3.8, 4) is 11.8 Å². The molecule has 2 heteroatoms. The van der Waals surface area contributed by atoms with Gasteiger partial charge in [0.25, 0.3) is 0 Å². The van der Waals surface area contributed by atoms with Gasteiger partial charge < -0.3 is 11.1 Å². The summed E-state index contributed by atoms with van der Waals surface area (Å²) in [6, 6.07) is 0. The predicted molar refractivity (Wildman–Crippen MR) is 70.1 cm³/mol. The Labute approximate surface area is 100 Å². The number of rotatable bonds is 5. The van der Waals surface area contributed by atoms with Crippen LogP contribution in [0.4, 0.5) is 0 Å². The zero-order chi connectivity index (χ0) is 11.9. The molecular weight excluding hydrogens is 196 g/mol. The zero-order valence-corrected chi connectivity index (χ0v) is 10.8. The van der Waals surface area contributed by atoms with Crippen molar-refractivity contribution in [1.82, 2.24) is 5.32 Å². The van der Waals surface area contributed by atoms with Crippen LogP contribution in [0.15, 0.2) is 0 Å². The number of nitrogens with two attached hydrogens (primary N) is 1. The maximum Gasteiger partial charge on any atom is 0.0304 e. The summed E-state index contributed by atoms with van der Waals surface area (Å²) in [4.78, 5) is 0. The fourth-order valence-corrected chi connectivity index (χ4v) is 2.61. The largest absolute Gasteiger partial charge is 0.329 e. The van der Waals surface area contributed by atoms with Crippen molar-refractivity contribution in [3.05, 3.63) is 0 Å². The summed E-state index contributed by atoms with van der Waals surface area (Å²) in [6.07, 6.45) is 7.40. The lowest BCUT2D eigenvalue weighted by Gasteiger charge is -2.40. The normalized spacial score (nSPS) is 29.6. The standard InChI is InChI=1S/C14H26N2/c1-3-5-6-11-16-14(12-15)9-7-13(4-2)8-10-14/h13,16H,4,6-12,15H2,1-2H3. The van der Waals surface area contributed by atoms with E-state index in [0.29, 0.717) is 0 Å². The highest BCUT2D eigenvalue weighted by Crippen LogP contribution is 2.32. The van der Waals surface area contributed by atoms with E-state index in [4.69, 9.17) is 5.73 Å². The Hall–Kier alpha value is -0.520. The summed E-state index contributed by atoms with van der Waals surface area (Å²) in [5.41, 5.74) is 6.15. The van der Waals surface area contributed by atoms with E-state index >= 15 is 0 Å². The summed E-state index contributed by atoms with van der Waals surface area (Å²) in [7, 11) is 0. The highest BCUT2D eigenvalue weighted by Gasteiger charge is 2.32. The van der Waals surface area contributed by atoms with Crippen LogP contribution < -0.4 is 11.1 Å². The number of nitrogens with one attached hydrogen (secondary N) is 1. The van der Waals surface area contributed by atoms with Gasteiger partial charge >= 0.3 is 0 Å². The molecule has 0 spiro atoms. The van der Waals surface area contributed by atoms with Gasteiger partial charge in [-0.25, -0.2) is 0 Å². The first-order valence-corrected chi connectivity index (χ1v) is 6.61. The fourth-order valence-electron chi connectivity index (χ4n) is 2.61. The third kappa shape index (κ3) is 3.81. The minimum atomic E-state index is 0.209. The van der Waals surface area contributed by atoms with Crippen LogP contribution in [-0.4, -0.2) is 18.6 Å². The second-order valence-electron chi connectivity index (χ2n) is 4.94. The molecule has 1 fully saturated rings. The van der Waals surface area contributed by atoms with Gasteiger partial charge in [-0.3, -0.25) is 0 Å². The quantitative estimate of drug-likeness (QED) is 0.553. The van der Waals surface area contributed by atoms with Crippen LogP contribution in [0.1, 0.15) is 52.4 Å². The van der Waals surface area contributed by atoms with Crippen molar-refractivity contribution in [2.24, 2.45) is 11.7 Å². The van der Waals surface area contributed by atoms with Gasteiger partial charge in [0.15, 0.2) is 0 Å². The first kappa shape index (κ1) is 13.5. The lowest BCUT2D eigenvalue weighted by Crippen LogP contribution is -2.53. The predicted octanol–water partition coefficient (Wildman–Crippen LogP) is 2.29. The molecule has 1 aliphatic carbocycles. The maximum absolute atomic E-state index is 5.94. The summed E-state index contributed by atoms with van der Waals surface area (Å²) < 4.78 is 0. The van der Waals surface area contributed by atoms with E-state index in [1.807, 2.05) is 6.92 Å². The smallest absolute Gasteiger partial charge is 0.0304 e. The van der Waals surface area contributed by atoms with E-state index in [2.05, 4.69) is 24.1 Å². The molecule has 0 aliphatic heterocycles. The lowest BCUT2D eigenvalue weighted by atomic mass is 9.75. The Morgan fingerprint density at radius 2 is 2.06 bits per heavy atom. The van der Waals surface area contributed by atoms with Gasteiger partial charge in [0.1, 0.15) is 0 Å². The second-order valence-corrected chi connectivity index (χ2v) is 4.94. The van der Waals surface area contributed by atoms with Gasteiger partial charge in [0.05, 0.1) is 0 Å². The van der Waals surface area contributed by atoms with Crippen molar-refractivity contribution in [3.63, 3.8) is 0 Å². The van der Waals surface area contributed by atoms with Crippen LogP contribution in [0.3, 0.4) is 0 Å². The Kier molecular flexibility index (Phi) is 5.87. The molecule has 0 bridgehead atoms. The summed E-state index contributed by atoms with van der Waals surface area (Å²) in [6.45, 7) is 5.94. The molecule has 0 unspecified atom stereocenters. The molecule has 0 aromatic rings. The molecule has 0 heterocycles. The van der Waals surface area contributed by atoms with Crippen LogP contribution in [0.2, 0.25) is 0 Å². The highest BCUT2D eigenvalue weighted by molar-refractivity contribution is 4.98. The molecule has 1 aliphatic rings. The lowest BCUT2D eigenvalue weighted by molar-refractivity contribution is 0.192. The van der Waals surface area contributed by atoms with Gasteiger partial charge in [-0.15, -0.1) is 11.8 Å². The number of hydrogen-bond donors (Lipinski definition) is 2. The fraction of sp³-hybridized carbons (Fsp3) is 0.857. The molecular formula is C14H26N2. The highest BCUT2D eigenvalue weighted by atomic mass is 15.0. The minimum Gasteiger partial charge on any atom is -0.329 e. The maximum atomic E-state index is 5.94. The van der Waals surface area contributed by atoms with Gasteiger partial charge in [-0.1, -0.05) is 13.3 Å². The SMILES string of the molecule is CC#CCCNC1(CN)CCC(CC)CC1. The van der Waals surface area contributed by atoms with Crippen molar-refractivity contribution in [2.45, 2.75) is 57.9 Å². The Balaban J connectivity index is 2.36. The molecule has 0 saturated heterocycles. The first-order chi connectivity index (χ1) is 7.76.